The Labute approximate surface area is 100 Å². The van der Waals surface area contributed by atoms with Crippen molar-refractivity contribution in [1.29, 1.82) is 0 Å². The second kappa shape index (κ2) is 6.50. The summed E-state index contributed by atoms with van der Waals surface area (Å²) >= 11 is 5.77. The second-order valence-corrected chi connectivity index (χ2v) is 3.78. The molecule has 1 aromatic rings. The average molecular weight is 245 g/mol. The van der Waals surface area contributed by atoms with Crippen LogP contribution in [0, 0.1) is 0 Å². The smallest absolute Gasteiger partial charge is 0.270 e. The quantitative estimate of drug-likeness (QED) is 0.789. The van der Waals surface area contributed by atoms with Gasteiger partial charge in [-0.15, -0.1) is 0 Å². The maximum Gasteiger partial charge on any atom is 0.270 e. The van der Waals surface area contributed by atoms with Gasteiger partial charge in [0.1, 0.15) is 5.69 Å². The summed E-state index contributed by atoms with van der Waals surface area (Å²) in [5.74, 6) is -0.213. The van der Waals surface area contributed by atoms with Crippen molar-refractivity contribution in [2.24, 2.45) is 0 Å². The lowest BCUT2D eigenvalue weighted by Crippen LogP contribution is -2.35. The Morgan fingerprint density at radius 1 is 1.56 bits per heavy atom. The first-order valence-corrected chi connectivity index (χ1v) is 5.76. The number of nitrogens with one attached hydrogen (secondary N) is 2. The maximum atomic E-state index is 11.6. The van der Waals surface area contributed by atoms with Crippen molar-refractivity contribution in [2.45, 2.75) is 13.8 Å². The van der Waals surface area contributed by atoms with Gasteiger partial charge in [-0.05, 0) is 13.1 Å². The summed E-state index contributed by atoms with van der Waals surface area (Å²) in [6, 6.07) is 0. The normalized spacial score (nSPS) is 10.8. The van der Waals surface area contributed by atoms with Crippen LogP contribution in [0.5, 0.6) is 0 Å². The zero-order chi connectivity index (χ0) is 12.0. The van der Waals surface area contributed by atoms with Gasteiger partial charge in [-0.25, -0.2) is 0 Å². The molecule has 2 N–H and O–H groups in total. The zero-order valence-electron chi connectivity index (χ0n) is 9.59. The van der Waals surface area contributed by atoms with Crippen molar-refractivity contribution in [1.82, 2.24) is 20.4 Å². The van der Waals surface area contributed by atoms with Crippen LogP contribution in [0.25, 0.3) is 0 Å². The molecule has 0 spiro atoms. The molecule has 0 saturated heterocycles. The van der Waals surface area contributed by atoms with Crippen LogP contribution in [-0.2, 0) is 0 Å². The fraction of sp³-hybridized carbons (Fsp3) is 0.600. The van der Waals surface area contributed by atoms with Gasteiger partial charge in [0.15, 0.2) is 0 Å². The number of carbonyl (C=O) groups is 1. The number of H-pyrrole nitrogens is 1. The van der Waals surface area contributed by atoms with Gasteiger partial charge in [0, 0.05) is 13.1 Å². The van der Waals surface area contributed by atoms with Crippen LogP contribution >= 0.6 is 11.6 Å². The molecule has 0 atom stereocenters. The van der Waals surface area contributed by atoms with Crippen LogP contribution in [0.2, 0.25) is 5.02 Å². The highest BCUT2D eigenvalue weighted by atomic mass is 35.5. The van der Waals surface area contributed by atoms with Crippen LogP contribution < -0.4 is 5.32 Å². The number of hydrogen-bond donors (Lipinski definition) is 2. The van der Waals surface area contributed by atoms with E-state index in [1.165, 1.54) is 6.20 Å². The molecular formula is C10H17ClN4O. The third-order valence-corrected chi connectivity index (χ3v) is 2.71. The average Bonchev–Trinajstić information content (AvgIpc) is 2.70. The summed E-state index contributed by atoms with van der Waals surface area (Å²) in [5.41, 5.74) is 0.321. The fourth-order valence-electron chi connectivity index (χ4n) is 1.39. The maximum absolute atomic E-state index is 11.6. The molecule has 0 saturated carbocycles. The minimum Gasteiger partial charge on any atom is -0.349 e. The van der Waals surface area contributed by atoms with E-state index in [0.717, 1.165) is 19.6 Å². The SMILES string of the molecule is CCN(CC)CCNC(=O)c1[nH]ncc1Cl. The second-order valence-electron chi connectivity index (χ2n) is 3.38. The number of carbonyl (C=O) groups excluding carboxylic acids is 1. The van der Waals surface area contributed by atoms with E-state index >= 15 is 0 Å². The summed E-state index contributed by atoms with van der Waals surface area (Å²) in [4.78, 5) is 13.8. The van der Waals surface area contributed by atoms with Crippen LogP contribution in [-0.4, -0.2) is 47.2 Å². The first-order chi connectivity index (χ1) is 7.69. The standard InChI is InChI=1S/C10H17ClN4O/c1-3-15(4-2)6-5-12-10(16)9-8(11)7-13-14-9/h7H,3-6H2,1-2H3,(H,12,16)(H,13,14). The van der Waals surface area contributed by atoms with Gasteiger partial charge in [0.25, 0.3) is 5.91 Å². The molecule has 0 aliphatic heterocycles. The molecule has 0 bridgehead atoms. The minimum atomic E-state index is -0.213. The number of amides is 1. The van der Waals surface area contributed by atoms with E-state index in [0.29, 0.717) is 17.3 Å². The van der Waals surface area contributed by atoms with E-state index in [1.54, 1.807) is 0 Å². The van der Waals surface area contributed by atoms with E-state index < -0.39 is 0 Å². The van der Waals surface area contributed by atoms with Crippen molar-refractivity contribution in [3.63, 3.8) is 0 Å². The van der Waals surface area contributed by atoms with Gasteiger partial charge in [-0.3, -0.25) is 9.89 Å². The molecule has 1 rings (SSSR count). The van der Waals surface area contributed by atoms with Crippen molar-refractivity contribution in [3.05, 3.63) is 16.9 Å². The third kappa shape index (κ3) is 3.50. The first-order valence-electron chi connectivity index (χ1n) is 5.38. The number of hydrogen-bond acceptors (Lipinski definition) is 3. The van der Waals surface area contributed by atoms with Crippen LogP contribution in [0.15, 0.2) is 6.20 Å². The van der Waals surface area contributed by atoms with Crippen molar-refractivity contribution in [3.8, 4) is 0 Å². The van der Waals surface area contributed by atoms with Crippen LogP contribution in [0.1, 0.15) is 24.3 Å². The largest absolute Gasteiger partial charge is 0.349 e. The summed E-state index contributed by atoms with van der Waals surface area (Å²) in [7, 11) is 0. The molecule has 0 aliphatic rings. The third-order valence-electron chi connectivity index (χ3n) is 2.43. The lowest BCUT2D eigenvalue weighted by molar-refractivity contribution is 0.0944. The highest BCUT2D eigenvalue weighted by Crippen LogP contribution is 2.10. The number of rotatable bonds is 6. The van der Waals surface area contributed by atoms with E-state index in [2.05, 4.69) is 34.3 Å². The van der Waals surface area contributed by atoms with Crippen LogP contribution in [0.3, 0.4) is 0 Å². The fourth-order valence-corrected chi connectivity index (χ4v) is 1.56. The molecule has 90 valence electrons. The summed E-state index contributed by atoms with van der Waals surface area (Å²) in [6.07, 6.45) is 1.42. The number of halogens is 1. The Bertz CT molecular complexity index is 335. The molecule has 0 aromatic carbocycles. The lowest BCUT2D eigenvalue weighted by atomic mass is 10.4. The molecule has 0 fully saturated rings. The lowest BCUT2D eigenvalue weighted by Gasteiger charge is -2.17. The molecule has 0 unspecified atom stereocenters. The van der Waals surface area contributed by atoms with E-state index in [4.69, 9.17) is 11.6 Å². The monoisotopic (exact) mass is 244 g/mol. The molecule has 6 heteroatoms. The highest BCUT2D eigenvalue weighted by molar-refractivity contribution is 6.33. The number of aromatic nitrogens is 2. The Morgan fingerprint density at radius 2 is 2.25 bits per heavy atom. The molecule has 1 amide bonds. The minimum absolute atomic E-state index is 0.213. The van der Waals surface area contributed by atoms with Gasteiger partial charge in [-0.2, -0.15) is 5.10 Å². The molecule has 0 aliphatic carbocycles. The topological polar surface area (TPSA) is 61.0 Å². The van der Waals surface area contributed by atoms with Gasteiger partial charge in [0.05, 0.1) is 11.2 Å². The van der Waals surface area contributed by atoms with Gasteiger partial charge < -0.3 is 10.2 Å². The summed E-state index contributed by atoms with van der Waals surface area (Å²) < 4.78 is 0. The van der Waals surface area contributed by atoms with E-state index in [-0.39, 0.29) is 5.91 Å². The number of nitrogens with zero attached hydrogens (tertiary/aromatic N) is 2. The van der Waals surface area contributed by atoms with Gasteiger partial charge >= 0.3 is 0 Å². The molecule has 5 nitrogen and oxygen atoms in total. The Hall–Kier alpha value is -1.07. The Balaban J connectivity index is 2.34. The molecule has 1 aromatic heterocycles. The molecular weight excluding hydrogens is 228 g/mol. The molecule has 0 radical (unpaired) electrons. The zero-order valence-corrected chi connectivity index (χ0v) is 10.3. The summed E-state index contributed by atoms with van der Waals surface area (Å²) in [5, 5.41) is 9.39. The molecule has 1 heterocycles. The van der Waals surface area contributed by atoms with E-state index in [9.17, 15) is 4.79 Å². The highest BCUT2D eigenvalue weighted by Gasteiger charge is 2.11. The number of likely N-dealkylation sites (N-methyl/N-ethyl adjacent to an activating group) is 1. The predicted octanol–water partition coefficient (Wildman–Crippen LogP) is 1.13. The van der Waals surface area contributed by atoms with Crippen molar-refractivity contribution >= 4 is 17.5 Å². The van der Waals surface area contributed by atoms with Crippen molar-refractivity contribution in [2.75, 3.05) is 26.2 Å². The first kappa shape index (κ1) is 13.0. The number of aromatic amines is 1. The Kier molecular flexibility index (Phi) is 5.28. The Morgan fingerprint density at radius 3 is 2.75 bits per heavy atom. The van der Waals surface area contributed by atoms with Crippen LogP contribution in [0.4, 0.5) is 0 Å². The van der Waals surface area contributed by atoms with E-state index in [1.807, 2.05) is 0 Å². The summed E-state index contributed by atoms with van der Waals surface area (Å²) in [6.45, 7) is 7.60. The predicted molar refractivity (Wildman–Crippen MR) is 63.7 cm³/mol. The molecule has 16 heavy (non-hydrogen) atoms. The van der Waals surface area contributed by atoms with Gasteiger partial charge in [0.2, 0.25) is 0 Å². The van der Waals surface area contributed by atoms with Crippen molar-refractivity contribution < 1.29 is 4.79 Å². The van der Waals surface area contributed by atoms with Gasteiger partial charge in [-0.1, -0.05) is 25.4 Å².